The maximum Gasteiger partial charge on any atom is 0.312 e. The van der Waals surface area contributed by atoms with Gasteiger partial charge in [-0.1, -0.05) is 36.4 Å². The van der Waals surface area contributed by atoms with E-state index in [9.17, 15) is 4.79 Å². The molecule has 2 aromatic carbocycles. The minimum absolute atomic E-state index is 0.301. The number of hydrogen-bond donors (Lipinski definition) is 0. The summed E-state index contributed by atoms with van der Waals surface area (Å²) in [6.45, 7) is 5.53. The minimum atomic E-state index is -1.12. The Morgan fingerprint density at radius 2 is 1.50 bits per heavy atom. The molecule has 0 saturated carbocycles. The Bertz CT molecular complexity index is 903. The first-order chi connectivity index (χ1) is 12.4. The summed E-state index contributed by atoms with van der Waals surface area (Å²) in [6, 6.07) is 17.1. The maximum absolute atomic E-state index is 13.0. The second-order valence-electron chi connectivity index (χ2n) is 7.43. The van der Waals surface area contributed by atoms with E-state index in [1.807, 2.05) is 75.4 Å². The van der Waals surface area contributed by atoms with Gasteiger partial charge in [-0.15, -0.1) is 0 Å². The quantitative estimate of drug-likeness (QED) is 0.592. The van der Waals surface area contributed by atoms with Crippen LogP contribution in [0.25, 0.3) is 0 Å². The second-order valence-corrected chi connectivity index (χ2v) is 7.43. The smallest absolute Gasteiger partial charge is 0.312 e. The van der Waals surface area contributed by atoms with Crippen molar-refractivity contribution in [3.8, 4) is 11.5 Å². The molecule has 1 aliphatic heterocycles. The minimum Gasteiger partial charge on any atom is -0.472 e. The Balaban J connectivity index is 2.03. The highest BCUT2D eigenvalue weighted by Gasteiger charge is 2.49. The molecule has 26 heavy (non-hydrogen) atoms. The standard InChI is InChI=1S/C22H20O4/c1-21(2,3)20(23)26-22(15-12-13-24-14-15)16-8-4-6-10-18(16)25-19-11-7-5-9-17(19)22/h4-14H,1-3H3. The summed E-state index contributed by atoms with van der Waals surface area (Å²) in [7, 11) is 0. The van der Waals surface area contributed by atoms with Gasteiger partial charge in [-0.3, -0.25) is 4.79 Å². The number of carbonyl (C=O) groups excluding carboxylic acids is 1. The average molecular weight is 348 g/mol. The van der Waals surface area contributed by atoms with Gasteiger partial charge in [0.05, 0.1) is 17.9 Å². The van der Waals surface area contributed by atoms with Crippen LogP contribution in [0.15, 0.2) is 71.5 Å². The molecule has 0 N–H and O–H groups in total. The Morgan fingerprint density at radius 1 is 0.923 bits per heavy atom. The summed E-state index contributed by atoms with van der Waals surface area (Å²) in [5, 5.41) is 0. The van der Waals surface area contributed by atoms with Crippen molar-refractivity contribution in [3.63, 3.8) is 0 Å². The average Bonchev–Trinajstić information content (AvgIpc) is 3.15. The number of carbonyl (C=O) groups is 1. The SMILES string of the molecule is CC(C)(C)C(=O)OC1(c2ccoc2)c2ccccc2Oc2ccccc21. The molecular formula is C22H20O4. The Labute approximate surface area is 152 Å². The van der Waals surface area contributed by atoms with Crippen molar-refractivity contribution in [1.82, 2.24) is 0 Å². The largest absolute Gasteiger partial charge is 0.472 e. The summed E-state index contributed by atoms with van der Waals surface area (Å²) in [5.74, 6) is 1.02. The molecule has 0 aliphatic carbocycles. The van der Waals surface area contributed by atoms with Gasteiger partial charge in [0, 0.05) is 16.7 Å². The van der Waals surface area contributed by atoms with Crippen molar-refractivity contribution in [1.29, 1.82) is 0 Å². The van der Waals surface area contributed by atoms with Crippen molar-refractivity contribution in [2.75, 3.05) is 0 Å². The number of para-hydroxylation sites is 2. The number of benzene rings is 2. The monoisotopic (exact) mass is 348 g/mol. The number of ether oxygens (including phenoxy) is 2. The molecule has 0 fully saturated rings. The van der Waals surface area contributed by atoms with Crippen molar-refractivity contribution in [2.45, 2.75) is 26.4 Å². The molecule has 0 atom stereocenters. The summed E-state index contributed by atoms with van der Waals surface area (Å²) in [6.07, 6.45) is 3.21. The zero-order chi connectivity index (χ0) is 18.4. The Morgan fingerprint density at radius 3 is 2.00 bits per heavy atom. The molecule has 0 saturated heterocycles. The van der Waals surface area contributed by atoms with Gasteiger partial charge in [0.1, 0.15) is 11.5 Å². The van der Waals surface area contributed by atoms with Crippen LogP contribution in [0.3, 0.4) is 0 Å². The zero-order valence-corrected chi connectivity index (χ0v) is 15.0. The molecular weight excluding hydrogens is 328 g/mol. The molecule has 0 spiro atoms. The van der Waals surface area contributed by atoms with E-state index in [2.05, 4.69) is 0 Å². The van der Waals surface area contributed by atoms with Crippen LogP contribution < -0.4 is 4.74 Å². The van der Waals surface area contributed by atoms with Crippen LogP contribution in [0.4, 0.5) is 0 Å². The number of furan rings is 1. The zero-order valence-electron chi connectivity index (χ0n) is 15.0. The van der Waals surface area contributed by atoms with Gasteiger partial charge in [-0.25, -0.2) is 0 Å². The van der Waals surface area contributed by atoms with E-state index in [0.717, 1.165) is 16.7 Å². The number of hydrogen-bond acceptors (Lipinski definition) is 4. The first kappa shape index (κ1) is 16.5. The topological polar surface area (TPSA) is 48.7 Å². The summed E-state index contributed by atoms with van der Waals surface area (Å²) < 4.78 is 17.7. The molecule has 0 radical (unpaired) electrons. The van der Waals surface area contributed by atoms with E-state index in [1.165, 1.54) is 0 Å². The molecule has 0 bridgehead atoms. The van der Waals surface area contributed by atoms with Gasteiger partial charge in [-0.05, 0) is 39.0 Å². The van der Waals surface area contributed by atoms with Crippen LogP contribution in [-0.4, -0.2) is 5.97 Å². The fraction of sp³-hybridized carbons (Fsp3) is 0.227. The van der Waals surface area contributed by atoms with Crippen molar-refractivity contribution in [2.24, 2.45) is 5.41 Å². The van der Waals surface area contributed by atoms with Gasteiger partial charge in [0.25, 0.3) is 0 Å². The van der Waals surface area contributed by atoms with Gasteiger partial charge in [0.2, 0.25) is 0 Å². The van der Waals surface area contributed by atoms with Crippen LogP contribution >= 0.6 is 0 Å². The van der Waals surface area contributed by atoms with Crippen LogP contribution in [0.1, 0.15) is 37.5 Å². The second kappa shape index (κ2) is 5.77. The fourth-order valence-corrected chi connectivity index (χ4v) is 3.19. The number of esters is 1. The van der Waals surface area contributed by atoms with Gasteiger partial charge in [0.15, 0.2) is 5.60 Å². The van der Waals surface area contributed by atoms with Gasteiger partial charge >= 0.3 is 5.97 Å². The fourth-order valence-electron chi connectivity index (χ4n) is 3.19. The van der Waals surface area contributed by atoms with Gasteiger partial charge < -0.3 is 13.9 Å². The lowest BCUT2D eigenvalue weighted by molar-refractivity contribution is -0.163. The molecule has 2 heterocycles. The number of rotatable bonds is 2. The van der Waals surface area contributed by atoms with E-state index >= 15 is 0 Å². The normalized spacial score (nSPS) is 14.7. The molecule has 0 unspecified atom stereocenters. The highest BCUT2D eigenvalue weighted by Crippen LogP contribution is 2.52. The van der Waals surface area contributed by atoms with Crippen LogP contribution in [-0.2, 0) is 15.1 Å². The summed E-state index contributed by atoms with van der Waals surface area (Å²) in [5.41, 5.74) is 0.524. The predicted octanol–water partition coefficient (Wildman–Crippen LogP) is 5.27. The third-order valence-electron chi connectivity index (χ3n) is 4.54. The van der Waals surface area contributed by atoms with Gasteiger partial charge in [-0.2, -0.15) is 0 Å². The molecule has 1 aromatic heterocycles. The first-order valence-corrected chi connectivity index (χ1v) is 8.56. The van der Waals surface area contributed by atoms with Crippen molar-refractivity contribution in [3.05, 3.63) is 83.8 Å². The predicted molar refractivity (Wildman–Crippen MR) is 97.1 cm³/mol. The lowest BCUT2D eigenvalue weighted by atomic mass is 9.78. The highest BCUT2D eigenvalue weighted by molar-refractivity contribution is 5.78. The lowest BCUT2D eigenvalue weighted by Crippen LogP contribution is -2.40. The van der Waals surface area contributed by atoms with E-state index < -0.39 is 11.0 Å². The van der Waals surface area contributed by atoms with E-state index in [1.54, 1.807) is 12.5 Å². The van der Waals surface area contributed by atoms with E-state index in [0.29, 0.717) is 11.5 Å². The number of fused-ring (bicyclic) bond motifs is 2. The molecule has 1 aliphatic rings. The lowest BCUT2D eigenvalue weighted by Gasteiger charge is -2.40. The molecule has 4 rings (SSSR count). The van der Waals surface area contributed by atoms with Crippen molar-refractivity contribution < 1.29 is 18.7 Å². The maximum atomic E-state index is 13.0. The summed E-state index contributed by atoms with van der Waals surface area (Å²) in [4.78, 5) is 13.0. The Kier molecular flexibility index (Phi) is 3.65. The molecule has 4 heteroatoms. The molecule has 3 aromatic rings. The van der Waals surface area contributed by atoms with E-state index in [-0.39, 0.29) is 5.97 Å². The molecule has 0 amide bonds. The third-order valence-corrected chi connectivity index (χ3v) is 4.54. The summed E-state index contributed by atoms with van der Waals surface area (Å²) >= 11 is 0. The highest BCUT2D eigenvalue weighted by atomic mass is 16.6. The first-order valence-electron chi connectivity index (χ1n) is 8.56. The third kappa shape index (κ3) is 2.41. The van der Waals surface area contributed by atoms with Crippen LogP contribution in [0.5, 0.6) is 11.5 Å². The van der Waals surface area contributed by atoms with E-state index in [4.69, 9.17) is 13.9 Å². The molecule has 132 valence electrons. The van der Waals surface area contributed by atoms with Crippen molar-refractivity contribution >= 4 is 5.97 Å². The van der Waals surface area contributed by atoms with Crippen LogP contribution in [0, 0.1) is 5.41 Å². The van der Waals surface area contributed by atoms with Crippen LogP contribution in [0.2, 0.25) is 0 Å². The Hall–Kier alpha value is -3.01. The molecule has 4 nitrogen and oxygen atoms in total.